The number of nitrogens with one attached hydrogen (secondary N) is 1. The van der Waals surface area contributed by atoms with E-state index >= 15 is 0 Å². The van der Waals surface area contributed by atoms with Crippen molar-refractivity contribution in [1.82, 2.24) is 10.2 Å². The van der Waals surface area contributed by atoms with Crippen LogP contribution >= 0.6 is 11.3 Å². The summed E-state index contributed by atoms with van der Waals surface area (Å²) in [6, 6.07) is 12.1. The molecule has 0 atom stereocenters. The fourth-order valence-corrected chi connectivity index (χ4v) is 3.82. The third-order valence-corrected chi connectivity index (χ3v) is 4.97. The predicted molar refractivity (Wildman–Crippen MR) is 100.0 cm³/mol. The fraction of sp³-hybridized carbons (Fsp3) is 0.211. The van der Waals surface area contributed by atoms with Crippen LogP contribution in [-0.4, -0.2) is 16.1 Å². The average Bonchev–Trinajstić information content (AvgIpc) is 3.22. The topological polar surface area (TPSA) is 68.0 Å². The summed E-state index contributed by atoms with van der Waals surface area (Å²) in [7, 11) is 0. The number of benzene rings is 2. The standard InChI is InChI=1S/C19H17N3O2S/c1-2-5-17-21-22-19(25-17)20-16(23)10-13-11-24-15-9-8-12-6-3-4-7-14(12)18(13)15/h3-4,6-9,11H,2,5,10H2,1H3,(H,20,22,23). The SMILES string of the molecule is CCCc1nnc(NC(=O)Cc2coc3ccc4ccccc4c23)s1. The average molecular weight is 351 g/mol. The lowest BCUT2D eigenvalue weighted by molar-refractivity contribution is -0.115. The van der Waals surface area contributed by atoms with Crippen LogP contribution in [0.5, 0.6) is 0 Å². The van der Waals surface area contributed by atoms with E-state index in [0.29, 0.717) is 5.13 Å². The van der Waals surface area contributed by atoms with E-state index < -0.39 is 0 Å². The molecular formula is C19H17N3O2S. The molecule has 0 saturated carbocycles. The third-order valence-electron chi connectivity index (χ3n) is 4.07. The second-order valence-corrected chi connectivity index (χ2v) is 6.96. The lowest BCUT2D eigenvalue weighted by Gasteiger charge is -2.02. The highest BCUT2D eigenvalue weighted by Crippen LogP contribution is 2.30. The highest BCUT2D eigenvalue weighted by Gasteiger charge is 2.14. The van der Waals surface area contributed by atoms with Crippen LogP contribution in [-0.2, 0) is 17.6 Å². The van der Waals surface area contributed by atoms with E-state index in [0.717, 1.165) is 45.2 Å². The molecular weight excluding hydrogens is 334 g/mol. The molecule has 4 aromatic rings. The molecule has 0 fully saturated rings. The molecule has 0 aliphatic rings. The molecule has 2 aromatic carbocycles. The van der Waals surface area contributed by atoms with Gasteiger partial charge >= 0.3 is 0 Å². The highest BCUT2D eigenvalue weighted by atomic mass is 32.1. The van der Waals surface area contributed by atoms with Gasteiger partial charge in [-0.1, -0.05) is 48.6 Å². The third kappa shape index (κ3) is 3.13. The Morgan fingerprint density at radius 2 is 2.08 bits per heavy atom. The Morgan fingerprint density at radius 1 is 1.20 bits per heavy atom. The molecule has 0 saturated heterocycles. The summed E-state index contributed by atoms with van der Waals surface area (Å²) in [4.78, 5) is 12.4. The maximum atomic E-state index is 12.4. The number of amides is 1. The summed E-state index contributed by atoms with van der Waals surface area (Å²) in [5, 5.41) is 15.7. The van der Waals surface area contributed by atoms with Crippen molar-refractivity contribution in [2.75, 3.05) is 5.32 Å². The molecule has 4 rings (SSSR count). The molecule has 0 radical (unpaired) electrons. The van der Waals surface area contributed by atoms with Crippen LogP contribution < -0.4 is 5.32 Å². The maximum Gasteiger partial charge on any atom is 0.230 e. The number of rotatable bonds is 5. The second-order valence-electron chi connectivity index (χ2n) is 5.90. The van der Waals surface area contributed by atoms with Gasteiger partial charge in [0.2, 0.25) is 11.0 Å². The van der Waals surface area contributed by atoms with Crippen molar-refractivity contribution in [3.05, 3.63) is 53.2 Å². The summed E-state index contributed by atoms with van der Waals surface area (Å²) in [6.45, 7) is 2.09. The second kappa shape index (κ2) is 6.64. The van der Waals surface area contributed by atoms with Gasteiger partial charge in [-0.3, -0.25) is 4.79 Å². The number of carbonyl (C=O) groups excluding carboxylic acids is 1. The Hall–Kier alpha value is -2.73. The van der Waals surface area contributed by atoms with Crippen molar-refractivity contribution in [2.24, 2.45) is 0 Å². The minimum atomic E-state index is -0.116. The molecule has 5 nitrogen and oxygen atoms in total. The maximum absolute atomic E-state index is 12.4. The fourth-order valence-electron chi connectivity index (χ4n) is 2.96. The molecule has 0 unspecified atom stereocenters. The van der Waals surface area contributed by atoms with E-state index in [1.54, 1.807) is 6.26 Å². The molecule has 2 heterocycles. The molecule has 0 aliphatic heterocycles. The summed E-state index contributed by atoms with van der Waals surface area (Å²) >= 11 is 1.43. The molecule has 6 heteroatoms. The van der Waals surface area contributed by atoms with Crippen LogP contribution in [0.2, 0.25) is 0 Å². The Balaban J connectivity index is 1.59. The lowest BCUT2D eigenvalue weighted by atomic mass is 10.0. The largest absolute Gasteiger partial charge is 0.464 e. The van der Waals surface area contributed by atoms with Crippen molar-refractivity contribution in [2.45, 2.75) is 26.2 Å². The van der Waals surface area contributed by atoms with Crippen LogP contribution in [0.3, 0.4) is 0 Å². The number of nitrogens with zero attached hydrogens (tertiary/aromatic N) is 2. The van der Waals surface area contributed by atoms with Gasteiger partial charge in [0, 0.05) is 17.4 Å². The highest BCUT2D eigenvalue weighted by molar-refractivity contribution is 7.15. The monoisotopic (exact) mass is 351 g/mol. The van der Waals surface area contributed by atoms with Crippen LogP contribution in [0.4, 0.5) is 5.13 Å². The van der Waals surface area contributed by atoms with Crippen LogP contribution in [0, 0.1) is 0 Å². The molecule has 126 valence electrons. The number of carbonyl (C=O) groups is 1. The molecule has 2 aromatic heterocycles. The Kier molecular flexibility index (Phi) is 4.19. The number of fused-ring (bicyclic) bond motifs is 3. The Labute approximate surface area is 148 Å². The van der Waals surface area contributed by atoms with Gasteiger partial charge < -0.3 is 9.73 Å². The predicted octanol–water partition coefficient (Wildman–Crippen LogP) is 4.57. The van der Waals surface area contributed by atoms with Gasteiger partial charge in [0.25, 0.3) is 0 Å². The van der Waals surface area contributed by atoms with Crippen LogP contribution in [0.15, 0.2) is 47.1 Å². The first-order chi connectivity index (χ1) is 12.2. The summed E-state index contributed by atoms with van der Waals surface area (Å²) in [5.74, 6) is -0.116. The van der Waals surface area contributed by atoms with E-state index in [2.05, 4.69) is 34.6 Å². The zero-order chi connectivity index (χ0) is 17.2. The van der Waals surface area contributed by atoms with E-state index in [-0.39, 0.29) is 12.3 Å². The normalized spacial score (nSPS) is 11.2. The molecule has 1 N–H and O–H groups in total. The summed E-state index contributed by atoms with van der Waals surface area (Å²) in [6.07, 6.45) is 3.80. The van der Waals surface area contributed by atoms with Crippen molar-refractivity contribution in [3.8, 4) is 0 Å². The number of aromatic nitrogens is 2. The number of hydrogen-bond donors (Lipinski definition) is 1. The summed E-state index contributed by atoms with van der Waals surface area (Å²) < 4.78 is 5.64. The summed E-state index contributed by atoms with van der Waals surface area (Å²) in [5.41, 5.74) is 1.67. The Morgan fingerprint density at radius 3 is 2.96 bits per heavy atom. The van der Waals surface area contributed by atoms with Gasteiger partial charge in [-0.15, -0.1) is 10.2 Å². The van der Waals surface area contributed by atoms with Gasteiger partial charge in [-0.2, -0.15) is 0 Å². The van der Waals surface area contributed by atoms with Gasteiger partial charge in [-0.05, 0) is 23.3 Å². The minimum Gasteiger partial charge on any atom is -0.464 e. The first kappa shape index (κ1) is 15.8. The van der Waals surface area contributed by atoms with Crippen molar-refractivity contribution in [1.29, 1.82) is 0 Å². The van der Waals surface area contributed by atoms with Crippen LogP contribution in [0.25, 0.3) is 21.7 Å². The molecule has 0 spiro atoms. The first-order valence-electron chi connectivity index (χ1n) is 8.24. The van der Waals surface area contributed by atoms with Gasteiger partial charge in [0.05, 0.1) is 12.7 Å². The molecule has 0 bridgehead atoms. The number of anilines is 1. The molecule has 1 amide bonds. The first-order valence-corrected chi connectivity index (χ1v) is 9.06. The van der Waals surface area contributed by atoms with E-state index in [1.165, 1.54) is 11.3 Å². The van der Waals surface area contributed by atoms with Gasteiger partial charge in [0.1, 0.15) is 10.6 Å². The number of hydrogen-bond acceptors (Lipinski definition) is 5. The number of aryl methyl sites for hydroxylation is 1. The Bertz CT molecular complexity index is 1050. The van der Waals surface area contributed by atoms with E-state index in [9.17, 15) is 4.79 Å². The van der Waals surface area contributed by atoms with Gasteiger partial charge in [0.15, 0.2) is 0 Å². The lowest BCUT2D eigenvalue weighted by Crippen LogP contribution is -2.14. The van der Waals surface area contributed by atoms with Crippen molar-refractivity contribution in [3.63, 3.8) is 0 Å². The van der Waals surface area contributed by atoms with E-state index in [4.69, 9.17) is 4.42 Å². The van der Waals surface area contributed by atoms with Gasteiger partial charge in [-0.25, -0.2) is 0 Å². The van der Waals surface area contributed by atoms with E-state index in [1.807, 2.05) is 24.3 Å². The van der Waals surface area contributed by atoms with Crippen molar-refractivity contribution < 1.29 is 9.21 Å². The minimum absolute atomic E-state index is 0.116. The van der Waals surface area contributed by atoms with Crippen molar-refractivity contribution >= 4 is 44.1 Å². The quantitative estimate of drug-likeness (QED) is 0.572. The zero-order valence-electron chi connectivity index (χ0n) is 13.8. The number of furan rings is 1. The van der Waals surface area contributed by atoms with Crippen LogP contribution in [0.1, 0.15) is 23.9 Å². The smallest absolute Gasteiger partial charge is 0.230 e. The molecule has 0 aliphatic carbocycles. The molecule has 25 heavy (non-hydrogen) atoms. The zero-order valence-corrected chi connectivity index (χ0v) is 14.6.